The molecule has 0 saturated carbocycles. The van der Waals surface area contributed by atoms with Gasteiger partial charge in [-0.2, -0.15) is 0 Å². The van der Waals surface area contributed by atoms with Crippen LogP contribution in [0.2, 0.25) is 0 Å². The molecule has 3 heterocycles. The molecule has 5 rings (SSSR count). The minimum Gasteiger partial charge on any atom is -0.366 e. The smallest absolute Gasteiger partial charge is 0.162 e. The van der Waals surface area contributed by atoms with Gasteiger partial charge in [0.05, 0.1) is 17.1 Å². The van der Waals surface area contributed by atoms with Crippen LogP contribution in [-0.2, 0) is 18.4 Å². The molecule has 3 aromatic heterocycles. The second-order valence-corrected chi connectivity index (χ2v) is 9.97. The molecule has 1 aliphatic rings. The van der Waals surface area contributed by atoms with Crippen LogP contribution in [0.5, 0.6) is 0 Å². The zero-order valence-electron chi connectivity index (χ0n) is 20.3. The highest BCUT2D eigenvalue weighted by Crippen LogP contribution is 2.41. The van der Waals surface area contributed by atoms with Crippen LogP contribution in [0.1, 0.15) is 62.4 Å². The molecule has 5 nitrogen and oxygen atoms in total. The first-order valence-corrected chi connectivity index (χ1v) is 12.0. The molecule has 34 heavy (non-hydrogen) atoms. The summed E-state index contributed by atoms with van der Waals surface area (Å²) >= 11 is 0. The van der Waals surface area contributed by atoms with Gasteiger partial charge in [0.2, 0.25) is 0 Å². The van der Waals surface area contributed by atoms with E-state index >= 15 is 0 Å². The van der Waals surface area contributed by atoms with Crippen molar-refractivity contribution >= 4 is 5.82 Å². The Kier molecular flexibility index (Phi) is 5.86. The second kappa shape index (κ2) is 8.98. The molecule has 0 fully saturated rings. The zero-order chi connectivity index (χ0) is 23.7. The molecule has 4 aromatic rings. The van der Waals surface area contributed by atoms with Crippen molar-refractivity contribution in [1.82, 2.24) is 19.9 Å². The predicted molar refractivity (Wildman–Crippen MR) is 138 cm³/mol. The number of anilines is 1. The topological polar surface area (TPSA) is 63.6 Å². The van der Waals surface area contributed by atoms with Crippen LogP contribution in [0.3, 0.4) is 0 Å². The van der Waals surface area contributed by atoms with Crippen molar-refractivity contribution in [2.75, 3.05) is 5.32 Å². The number of pyridine rings is 2. The maximum Gasteiger partial charge on any atom is 0.162 e. The Bertz CT molecular complexity index is 1290. The molecule has 0 saturated heterocycles. The summed E-state index contributed by atoms with van der Waals surface area (Å²) in [5.41, 5.74) is 7.71. The molecule has 0 spiro atoms. The molecule has 0 bridgehead atoms. The van der Waals surface area contributed by atoms with Crippen molar-refractivity contribution < 1.29 is 0 Å². The molecule has 1 aromatic carbocycles. The van der Waals surface area contributed by atoms with Crippen LogP contribution in [0.4, 0.5) is 5.82 Å². The Morgan fingerprint density at radius 1 is 0.912 bits per heavy atom. The lowest BCUT2D eigenvalue weighted by Gasteiger charge is -2.20. The second-order valence-electron chi connectivity index (χ2n) is 9.97. The highest BCUT2D eigenvalue weighted by Gasteiger charge is 2.34. The largest absolute Gasteiger partial charge is 0.366 e. The van der Waals surface area contributed by atoms with E-state index in [2.05, 4.69) is 73.3 Å². The van der Waals surface area contributed by atoms with Gasteiger partial charge >= 0.3 is 0 Å². The summed E-state index contributed by atoms with van der Waals surface area (Å²) in [7, 11) is 0. The van der Waals surface area contributed by atoms with Crippen LogP contribution >= 0.6 is 0 Å². The van der Waals surface area contributed by atoms with Gasteiger partial charge in [-0.05, 0) is 48.1 Å². The molecule has 0 amide bonds. The number of fused-ring (bicyclic) bond motifs is 1. The van der Waals surface area contributed by atoms with Gasteiger partial charge in [0.25, 0.3) is 0 Å². The molecule has 172 valence electrons. The van der Waals surface area contributed by atoms with E-state index in [-0.39, 0.29) is 5.41 Å². The van der Waals surface area contributed by atoms with E-state index in [1.54, 1.807) is 6.20 Å². The Hall–Kier alpha value is -3.60. The highest BCUT2D eigenvalue weighted by atomic mass is 15.0. The number of nitrogens with one attached hydrogen (secondary N) is 1. The summed E-state index contributed by atoms with van der Waals surface area (Å²) in [6.45, 7) is 9.67. The van der Waals surface area contributed by atoms with Gasteiger partial charge in [-0.15, -0.1) is 0 Å². The number of hydrogen-bond donors (Lipinski definition) is 1. The van der Waals surface area contributed by atoms with Gasteiger partial charge < -0.3 is 5.32 Å². The summed E-state index contributed by atoms with van der Waals surface area (Å²) in [5, 5.41) is 3.61. The van der Waals surface area contributed by atoms with E-state index in [1.807, 2.05) is 30.5 Å². The standard InChI is InChI=1S/C29H31N5/c1-19(2)21-9-5-6-10-22(21)28-33-26-23(14-15-29(26,3)4)27(34-28)32-18-20-12-13-25(31-17-20)24-11-7-8-16-30-24/h5-13,16-17,19H,14-15,18H2,1-4H3,(H,32,33,34). The number of aromatic nitrogens is 4. The van der Waals surface area contributed by atoms with E-state index in [4.69, 9.17) is 9.97 Å². The first-order chi connectivity index (χ1) is 16.4. The Labute approximate surface area is 201 Å². The van der Waals surface area contributed by atoms with E-state index in [0.29, 0.717) is 12.5 Å². The van der Waals surface area contributed by atoms with Crippen molar-refractivity contribution in [2.24, 2.45) is 0 Å². The molecule has 0 atom stereocenters. The minimum absolute atomic E-state index is 0.0438. The summed E-state index contributed by atoms with van der Waals surface area (Å²) in [5.74, 6) is 2.16. The van der Waals surface area contributed by atoms with E-state index in [0.717, 1.165) is 47.0 Å². The third-order valence-corrected chi connectivity index (χ3v) is 6.68. The molecule has 1 aliphatic carbocycles. The highest BCUT2D eigenvalue weighted by molar-refractivity contribution is 5.65. The average molecular weight is 450 g/mol. The molecule has 5 heteroatoms. The van der Waals surface area contributed by atoms with Gasteiger partial charge in [-0.1, -0.05) is 64.1 Å². The monoisotopic (exact) mass is 449 g/mol. The number of nitrogens with zero attached hydrogens (tertiary/aromatic N) is 4. The lowest BCUT2D eigenvalue weighted by atomic mass is 9.90. The van der Waals surface area contributed by atoms with Gasteiger partial charge in [0.15, 0.2) is 5.82 Å². The predicted octanol–water partition coefficient (Wildman–Crippen LogP) is 6.56. The van der Waals surface area contributed by atoms with Crippen LogP contribution in [0, 0.1) is 0 Å². The van der Waals surface area contributed by atoms with Crippen molar-refractivity contribution in [3.05, 3.63) is 89.4 Å². The lowest BCUT2D eigenvalue weighted by Crippen LogP contribution is -2.16. The third-order valence-electron chi connectivity index (χ3n) is 6.68. The SMILES string of the molecule is CC(C)c1ccccc1-c1nc(NCc2ccc(-c3ccccn3)nc2)c2c(n1)C(C)(C)CC2. The van der Waals surface area contributed by atoms with Crippen LogP contribution in [-0.4, -0.2) is 19.9 Å². The van der Waals surface area contributed by atoms with Crippen LogP contribution in [0.25, 0.3) is 22.8 Å². The first-order valence-electron chi connectivity index (χ1n) is 12.0. The summed E-state index contributed by atoms with van der Waals surface area (Å²) in [6.07, 6.45) is 5.78. The molecular formula is C29H31N5. The number of hydrogen-bond acceptors (Lipinski definition) is 5. The van der Waals surface area contributed by atoms with E-state index < -0.39 is 0 Å². The molecule has 0 unspecified atom stereocenters. The molecular weight excluding hydrogens is 418 g/mol. The summed E-state index contributed by atoms with van der Waals surface area (Å²) in [6, 6.07) is 18.5. The van der Waals surface area contributed by atoms with Crippen LogP contribution in [0.15, 0.2) is 67.0 Å². The quantitative estimate of drug-likeness (QED) is 0.361. The van der Waals surface area contributed by atoms with Crippen molar-refractivity contribution in [3.63, 3.8) is 0 Å². The summed E-state index contributed by atoms with van der Waals surface area (Å²) < 4.78 is 0. The van der Waals surface area contributed by atoms with Gasteiger partial charge in [0.1, 0.15) is 5.82 Å². The first kappa shape index (κ1) is 22.2. The Balaban J connectivity index is 1.46. The van der Waals surface area contributed by atoms with Gasteiger partial charge in [-0.3, -0.25) is 9.97 Å². The van der Waals surface area contributed by atoms with Gasteiger partial charge in [-0.25, -0.2) is 9.97 Å². The van der Waals surface area contributed by atoms with Crippen molar-refractivity contribution in [2.45, 2.75) is 58.4 Å². The normalized spacial score (nSPS) is 14.3. The Morgan fingerprint density at radius 2 is 1.71 bits per heavy atom. The lowest BCUT2D eigenvalue weighted by molar-refractivity contribution is 0.509. The third kappa shape index (κ3) is 4.30. The molecule has 0 aliphatic heterocycles. The van der Waals surface area contributed by atoms with Crippen molar-refractivity contribution in [1.29, 1.82) is 0 Å². The van der Waals surface area contributed by atoms with Gasteiger partial charge in [0, 0.05) is 35.5 Å². The fourth-order valence-corrected chi connectivity index (χ4v) is 4.69. The number of benzene rings is 1. The fourth-order valence-electron chi connectivity index (χ4n) is 4.69. The van der Waals surface area contributed by atoms with E-state index in [1.165, 1.54) is 16.8 Å². The van der Waals surface area contributed by atoms with E-state index in [9.17, 15) is 0 Å². The summed E-state index contributed by atoms with van der Waals surface area (Å²) in [4.78, 5) is 19.2. The van der Waals surface area contributed by atoms with Crippen LogP contribution < -0.4 is 5.32 Å². The van der Waals surface area contributed by atoms with Crippen molar-refractivity contribution in [3.8, 4) is 22.8 Å². The minimum atomic E-state index is 0.0438. The zero-order valence-corrected chi connectivity index (χ0v) is 20.3. The molecule has 0 radical (unpaired) electrons. The fraction of sp³-hybridized carbons (Fsp3) is 0.310. The number of rotatable bonds is 6. The Morgan fingerprint density at radius 3 is 2.44 bits per heavy atom. The molecule has 1 N–H and O–H groups in total. The average Bonchev–Trinajstić information content (AvgIpc) is 3.18. The maximum absolute atomic E-state index is 5.11. The maximum atomic E-state index is 5.11.